The highest BCUT2D eigenvalue weighted by Crippen LogP contribution is 2.22. The molecule has 1 aromatic heterocycles. The average Bonchev–Trinajstić information content (AvgIpc) is 2.75. The Bertz CT molecular complexity index is 620. The van der Waals surface area contributed by atoms with Crippen molar-refractivity contribution in [1.82, 2.24) is 9.78 Å². The van der Waals surface area contributed by atoms with Crippen LogP contribution in [-0.2, 0) is 18.3 Å². The number of aromatic nitrogens is 2. The van der Waals surface area contributed by atoms with Crippen molar-refractivity contribution < 1.29 is 22.7 Å². The predicted octanol–water partition coefficient (Wildman–Crippen LogP) is 2.50. The molecular formula is C13H12F3N3O2. The molecule has 0 unspecified atom stereocenters. The van der Waals surface area contributed by atoms with Crippen molar-refractivity contribution in [3.63, 3.8) is 0 Å². The van der Waals surface area contributed by atoms with Gasteiger partial charge in [0.2, 0.25) is 5.91 Å². The number of nitrogens with one attached hydrogen (secondary N) is 1. The van der Waals surface area contributed by atoms with Crippen LogP contribution in [0.3, 0.4) is 0 Å². The number of carbonyl (C=O) groups is 1. The summed E-state index contributed by atoms with van der Waals surface area (Å²) in [5, 5.41) is 6.57. The zero-order valence-electron chi connectivity index (χ0n) is 11.0. The van der Waals surface area contributed by atoms with Gasteiger partial charge in [-0.05, 0) is 17.7 Å². The van der Waals surface area contributed by atoms with Crippen LogP contribution in [0.5, 0.6) is 5.75 Å². The average molecular weight is 299 g/mol. The third-order valence-electron chi connectivity index (χ3n) is 2.50. The highest BCUT2D eigenvalue weighted by Gasteiger charge is 2.30. The minimum atomic E-state index is -4.72. The summed E-state index contributed by atoms with van der Waals surface area (Å²) in [5.41, 5.74) is 0.568. The fourth-order valence-corrected chi connectivity index (χ4v) is 1.66. The van der Waals surface area contributed by atoms with E-state index in [1.165, 1.54) is 12.1 Å². The number of aryl methyl sites for hydroxylation is 1. The molecule has 0 saturated heterocycles. The normalized spacial score (nSPS) is 11.2. The molecule has 0 bridgehead atoms. The molecule has 1 heterocycles. The predicted molar refractivity (Wildman–Crippen MR) is 68.7 cm³/mol. The summed E-state index contributed by atoms with van der Waals surface area (Å²) in [5.74, 6) is -0.214. The number of nitrogens with zero attached hydrogens (tertiary/aromatic N) is 2. The molecule has 2 rings (SSSR count). The molecule has 1 N–H and O–H groups in total. The van der Waals surface area contributed by atoms with E-state index in [1.54, 1.807) is 24.0 Å². The first-order valence-electron chi connectivity index (χ1n) is 5.96. The molecule has 0 saturated carbocycles. The van der Waals surface area contributed by atoms with Gasteiger partial charge in [0.25, 0.3) is 0 Å². The van der Waals surface area contributed by atoms with Gasteiger partial charge in [-0.15, -0.1) is 13.2 Å². The topological polar surface area (TPSA) is 56.2 Å². The molecule has 0 spiro atoms. The summed E-state index contributed by atoms with van der Waals surface area (Å²) in [6.45, 7) is 0. The molecule has 0 radical (unpaired) electrons. The number of carbonyl (C=O) groups excluding carboxylic acids is 1. The minimum absolute atomic E-state index is 0.0306. The fraction of sp³-hybridized carbons (Fsp3) is 0.231. The van der Waals surface area contributed by atoms with E-state index in [0.29, 0.717) is 11.4 Å². The van der Waals surface area contributed by atoms with Crippen LogP contribution in [-0.4, -0.2) is 22.1 Å². The molecular weight excluding hydrogens is 287 g/mol. The number of amides is 1. The van der Waals surface area contributed by atoms with Crippen molar-refractivity contribution in [2.45, 2.75) is 12.8 Å². The van der Waals surface area contributed by atoms with Crippen molar-refractivity contribution in [3.8, 4) is 5.75 Å². The number of benzene rings is 1. The van der Waals surface area contributed by atoms with Crippen LogP contribution in [0.1, 0.15) is 5.56 Å². The molecule has 112 valence electrons. The Kier molecular flexibility index (Phi) is 4.15. The Balaban J connectivity index is 1.92. The SMILES string of the molecule is Cn1ccc(NC(=O)Cc2ccc(OC(F)(F)F)cc2)n1. The lowest BCUT2D eigenvalue weighted by Crippen LogP contribution is -2.17. The van der Waals surface area contributed by atoms with Crippen molar-refractivity contribution in [2.24, 2.45) is 7.05 Å². The molecule has 1 amide bonds. The lowest BCUT2D eigenvalue weighted by Gasteiger charge is -2.09. The lowest BCUT2D eigenvalue weighted by molar-refractivity contribution is -0.274. The van der Waals surface area contributed by atoms with E-state index >= 15 is 0 Å². The van der Waals surface area contributed by atoms with Gasteiger partial charge in [0.1, 0.15) is 5.75 Å². The quantitative estimate of drug-likeness (QED) is 0.943. The van der Waals surface area contributed by atoms with Gasteiger partial charge in [-0.25, -0.2) is 0 Å². The monoisotopic (exact) mass is 299 g/mol. The van der Waals surface area contributed by atoms with Crippen LogP contribution in [0, 0.1) is 0 Å². The van der Waals surface area contributed by atoms with Gasteiger partial charge < -0.3 is 10.1 Å². The molecule has 0 aliphatic rings. The first-order chi connectivity index (χ1) is 9.82. The molecule has 21 heavy (non-hydrogen) atoms. The molecule has 0 aliphatic carbocycles. The maximum Gasteiger partial charge on any atom is 0.573 e. The highest BCUT2D eigenvalue weighted by atomic mass is 19.4. The third-order valence-corrected chi connectivity index (χ3v) is 2.50. The van der Waals surface area contributed by atoms with Gasteiger partial charge in [0.05, 0.1) is 6.42 Å². The number of rotatable bonds is 4. The first kappa shape index (κ1) is 14.9. The van der Waals surface area contributed by atoms with Crippen molar-refractivity contribution >= 4 is 11.7 Å². The van der Waals surface area contributed by atoms with Gasteiger partial charge in [-0.1, -0.05) is 12.1 Å². The van der Waals surface area contributed by atoms with E-state index in [9.17, 15) is 18.0 Å². The van der Waals surface area contributed by atoms with Crippen molar-refractivity contribution in [3.05, 3.63) is 42.1 Å². The van der Waals surface area contributed by atoms with E-state index in [2.05, 4.69) is 15.2 Å². The number of anilines is 1. The maximum atomic E-state index is 12.0. The number of hydrogen-bond acceptors (Lipinski definition) is 3. The largest absolute Gasteiger partial charge is 0.573 e. The highest BCUT2D eigenvalue weighted by molar-refractivity contribution is 5.91. The lowest BCUT2D eigenvalue weighted by atomic mass is 10.1. The van der Waals surface area contributed by atoms with E-state index in [4.69, 9.17) is 0 Å². The van der Waals surface area contributed by atoms with Crippen LogP contribution >= 0.6 is 0 Å². The second-order valence-electron chi connectivity index (χ2n) is 4.29. The minimum Gasteiger partial charge on any atom is -0.406 e. The molecule has 8 heteroatoms. The Morgan fingerprint density at radius 1 is 1.29 bits per heavy atom. The summed E-state index contributed by atoms with van der Waals surface area (Å²) >= 11 is 0. The fourth-order valence-electron chi connectivity index (χ4n) is 1.66. The second-order valence-corrected chi connectivity index (χ2v) is 4.29. The van der Waals surface area contributed by atoms with Crippen LogP contribution in [0.2, 0.25) is 0 Å². The molecule has 0 atom stereocenters. The van der Waals surface area contributed by atoms with Gasteiger partial charge in [-0.3, -0.25) is 9.48 Å². The second kappa shape index (κ2) is 5.86. The van der Waals surface area contributed by atoms with Crippen LogP contribution in [0.4, 0.5) is 19.0 Å². The molecule has 5 nitrogen and oxygen atoms in total. The van der Waals surface area contributed by atoms with E-state index in [-0.39, 0.29) is 18.1 Å². The Morgan fingerprint density at radius 3 is 2.48 bits per heavy atom. The standard InChI is InChI=1S/C13H12F3N3O2/c1-19-7-6-11(18-19)17-12(20)8-9-2-4-10(5-3-9)21-13(14,15)16/h2-7H,8H2,1H3,(H,17,18,20). The molecule has 1 aromatic carbocycles. The van der Waals surface area contributed by atoms with Gasteiger partial charge in [0.15, 0.2) is 5.82 Å². The van der Waals surface area contributed by atoms with E-state index in [0.717, 1.165) is 12.1 Å². The van der Waals surface area contributed by atoms with E-state index in [1.807, 2.05) is 0 Å². The third kappa shape index (κ3) is 4.83. The van der Waals surface area contributed by atoms with Crippen LogP contribution in [0.15, 0.2) is 36.5 Å². The summed E-state index contributed by atoms with van der Waals surface area (Å²) in [7, 11) is 1.72. The molecule has 0 fully saturated rings. The zero-order valence-corrected chi connectivity index (χ0v) is 11.0. The summed E-state index contributed by atoms with van der Waals surface area (Å²) in [6, 6.07) is 6.77. The van der Waals surface area contributed by atoms with Gasteiger partial charge >= 0.3 is 6.36 Å². The Hall–Kier alpha value is -2.51. The Labute approximate surface area is 118 Å². The summed E-state index contributed by atoms with van der Waals surface area (Å²) in [4.78, 5) is 11.7. The summed E-state index contributed by atoms with van der Waals surface area (Å²) in [6.07, 6.45) is -3.01. The number of hydrogen-bond donors (Lipinski definition) is 1. The van der Waals surface area contributed by atoms with Crippen molar-refractivity contribution in [1.29, 1.82) is 0 Å². The van der Waals surface area contributed by atoms with Crippen molar-refractivity contribution in [2.75, 3.05) is 5.32 Å². The van der Waals surface area contributed by atoms with E-state index < -0.39 is 6.36 Å². The maximum absolute atomic E-state index is 12.0. The molecule has 0 aliphatic heterocycles. The Morgan fingerprint density at radius 2 is 1.95 bits per heavy atom. The number of alkyl halides is 3. The van der Waals surface area contributed by atoms with Crippen LogP contribution in [0.25, 0.3) is 0 Å². The molecule has 2 aromatic rings. The number of halogens is 3. The van der Waals surface area contributed by atoms with Crippen LogP contribution < -0.4 is 10.1 Å². The number of ether oxygens (including phenoxy) is 1. The zero-order chi connectivity index (χ0) is 15.5. The first-order valence-corrected chi connectivity index (χ1v) is 5.96. The van der Waals surface area contributed by atoms with Gasteiger partial charge in [-0.2, -0.15) is 5.10 Å². The smallest absolute Gasteiger partial charge is 0.406 e. The van der Waals surface area contributed by atoms with Gasteiger partial charge in [0, 0.05) is 19.3 Å². The summed E-state index contributed by atoms with van der Waals surface area (Å²) < 4.78 is 41.3.